The highest BCUT2D eigenvalue weighted by Gasteiger charge is 2.29. The molecule has 0 spiro atoms. The van der Waals surface area contributed by atoms with Gasteiger partial charge in [-0.2, -0.15) is 0 Å². The third-order valence-corrected chi connectivity index (χ3v) is 4.66. The fourth-order valence-corrected chi connectivity index (χ4v) is 3.24. The normalized spacial score (nSPS) is 23.9. The van der Waals surface area contributed by atoms with Crippen LogP contribution in [0.15, 0.2) is 30.3 Å². The number of nitrogens with one attached hydrogen (secondary N) is 1. The minimum Gasteiger partial charge on any atom is -0.311 e. The van der Waals surface area contributed by atoms with Gasteiger partial charge in [0.25, 0.3) is 0 Å². The summed E-state index contributed by atoms with van der Waals surface area (Å²) in [5.74, 6) is 1.51. The zero-order chi connectivity index (χ0) is 15.2. The average Bonchev–Trinajstić information content (AvgIpc) is 2.47. The van der Waals surface area contributed by atoms with Crippen LogP contribution in [0.3, 0.4) is 0 Å². The highest BCUT2D eigenvalue weighted by atomic mass is 15.2. The summed E-state index contributed by atoms with van der Waals surface area (Å²) in [4.78, 5) is 2.71. The molecule has 0 amide bonds. The van der Waals surface area contributed by atoms with Crippen LogP contribution in [-0.4, -0.2) is 30.6 Å². The van der Waals surface area contributed by atoms with E-state index in [1.54, 1.807) is 0 Å². The van der Waals surface area contributed by atoms with E-state index in [0.717, 1.165) is 12.5 Å². The summed E-state index contributed by atoms with van der Waals surface area (Å²) in [6, 6.07) is 12.2. The van der Waals surface area contributed by atoms with Gasteiger partial charge in [0, 0.05) is 25.2 Å². The maximum absolute atomic E-state index is 3.75. The van der Waals surface area contributed by atoms with Crippen LogP contribution >= 0.6 is 0 Å². The van der Waals surface area contributed by atoms with Gasteiger partial charge in [-0.1, -0.05) is 58.0 Å². The first-order chi connectivity index (χ1) is 10.1. The van der Waals surface area contributed by atoms with Crippen molar-refractivity contribution in [2.45, 2.75) is 52.6 Å². The molecular formula is C19H32N2. The molecule has 2 unspecified atom stereocenters. The van der Waals surface area contributed by atoms with E-state index >= 15 is 0 Å². The second-order valence-corrected chi connectivity index (χ2v) is 7.22. The van der Waals surface area contributed by atoms with Crippen LogP contribution in [0.2, 0.25) is 0 Å². The Bertz CT molecular complexity index is 399. The summed E-state index contributed by atoms with van der Waals surface area (Å²) < 4.78 is 0. The lowest BCUT2D eigenvalue weighted by molar-refractivity contribution is 0.110. The Balaban J connectivity index is 2.03. The van der Waals surface area contributed by atoms with Crippen LogP contribution in [0.25, 0.3) is 0 Å². The van der Waals surface area contributed by atoms with Crippen LogP contribution in [0, 0.1) is 11.8 Å². The molecule has 0 bridgehead atoms. The molecule has 1 aromatic carbocycles. The zero-order valence-electron chi connectivity index (χ0n) is 14.2. The van der Waals surface area contributed by atoms with E-state index in [-0.39, 0.29) is 0 Å². The van der Waals surface area contributed by atoms with Gasteiger partial charge in [-0.3, -0.25) is 4.90 Å². The SMILES string of the molecule is CC(C)CCCN1CC(C(C)C)NCC1c1ccccc1. The van der Waals surface area contributed by atoms with Crippen LogP contribution in [0.5, 0.6) is 0 Å². The molecule has 1 aliphatic rings. The first-order valence-electron chi connectivity index (χ1n) is 8.60. The number of benzene rings is 1. The van der Waals surface area contributed by atoms with E-state index < -0.39 is 0 Å². The molecule has 118 valence electrons. The van der Waals surface area contributed by atoms with Gasteiger partial charge in [-0.15, -0.1) is 0 Å². The highest BCUT2D eigenvalue weighted by Crippen LogP contribution is 2.26. The molecule has 2 rings (SSSR count). The molecule has 0 saturated carbocycles. The second-order valence-electron chi connectivity index (χ2n) is 7.22. The number of hydrogen-bond acceptors (Lipinski definition) is 2. The predicted octanol–water partition coefficient (Wildman–Crippen LogP) is 4.09. The molecule has 0 radical (unpaired) electrons. The molecule has 2 atom stereocenters. The Morgan fingerprint density at radius 3 is 2.48 bits per heavy atom. The minimum absolute atomic E-state index is 0.536. The van der Waals surface area contributed by atoms with E-state index in [1.165, 1.54) is 31.5 Å². The highest BCUT2D eigenvalue weighted by molar-refractivity contribution is 5.20. The summed E-state index contributed by atoms with van der Waals surface area (Å²) in [5, 5.41) is 3.75. The number of piperazine rings is 1. The van der Waals surface area contributed by atoms with Gasteiger partial charge in [-0.05, 0) is 36.8 Å². The van der Waals surface area contributed by atoms with Gasteiger partial charge < -0.3 is 5.32 Å². The molecule has 1 heterocycles. The van der Waals surface area contributed by atoms with Crippen molar-refractivity contribution in [1.29, 1.82) is 0 Å². The molecular weight excluding hydrogens is 256 g/mol. The fraction of sp³-hybridized carbons (Fsp3) is 0.684. The van der Waals surface area contributed by atoms with Crippen molar-refractivity contribution in [2.24, 2.45) is 11.8 Å². The van der Waals surface area contributed by atoms with E-state index in [4.69, 9.17) is 0 Å². The molecule has 1 aromatic rings. The lowest BCUT2D eigenvalue weighted by Gasteiger charge is -2.42. The van der Waals surface area contributed by atoms with Crippen LogP contribution < -0.4 is 5.32 Å². The Kier molecular flexibility index (Phi) is 6.25. The summed E-state index contributed by atoms with van der Waals surface area (Å²) in [7, 11) is 0. The first-order valence-corrected chi connectivity index (χ1v) is 8.60. The van der Waals surface area contributed by atoms with Crippen LogP contribution in [0.1, 0.15) is 52.1 Å². The van der Waals surface area contributed by atoms with E-state index in [9.17, 15) is 0 Å². The molecule has 1 fully saturated rings. The van der Waals surface area contributed by atoms with Gasteiger partial charge in [0.2, 0.25) is 0 Å². The van der Waals surface area contributed by atoms with Crippen LogP contribution in [-0.2, 0) is 0 Å². The zero-order valence-corrected chi connectivity index (χ0v) is 14.2. The van der Waals surface area contributed by atoms with Crippen molar-refractivity contribution in [3.05, 3.63) is 35.9 Å². The number of hydrogen-bond donors (Lipinski definition) is 1. The lowest BCUT2D eigenvalue weighted by Crippen LogP contribution is -2.54. The van der Waals surface area contributed by atoms with Gasteiger partial charge in [0.1, 0.15) is 0 Å². The molecule has 2 heteroatoms. The monoisotopic (exact) mass is 288 g/mol. The molecule has 2 nitrogen and oxygen atoms in total. The Hall–Kier alpha value is -0.860. The van der Waals surface area contributed by atoms with Crippen molar-refractivity contribution in [1.82, 2.24) is 10.2 Å². The predicted molar refractivity (Wildman–Crippen MR) is 91.5 cm³/mol. The average molecular weight is 288 g/mol. The molecule has 1 N–H and O–H groups in total. The Morgan fingerprint density at radius 2 is 1.86 bits per heavy atom. The largest absolute Gasteiger partial charge is 0.311 e. The van der Waals surface area contributed by atoms with Crippen molar-refractivity contribution in [3.8, 4) is 0 Å². The Labute approximate surface area is 130 Å². The summed E-state index contributed by atoms with van der Waals surface area (Å²) in [6.45, 7) is 12.8. The standard InChI is InChI=1S/C19H32N2/c1-15(2)9-8-12-21-14-18(16(3)4)20-13-19(21)17-10-6-5-7-11-17/h5-7,10-11,15-16,18-20H,8-9,12-14H2,1-4H3. The third kappa shape index (κ3) is 4.82. The van der Waals surface area contributed by atoms with Crippen molar-refractivity contribution < 1.29 is 0 Å². The Morgan fingerprint density at radius 1 is 1.14 bits per heavy atom. The van der Waals surface area contributed by atoms with Gasteiger partial charge in [0.05, 0.1) is 0 Å². The van der Waals surface area contributed by atoms with E-state index in [0.29, 0.717) is 18.0 Å². The number of rotatable bonds is 6. The molecule has 1 aliphatic heterocycles. The number of nitrogens with zero attached hydrogens (tertiary/aromatic N) is 1. The van der Waals surface area contributed by atoms with Gasteiger partial charge >= 0.3 is 0 Å². The minimum atomic E-state index is 0.536. The smallest absolute Gasteiger partial charge is 0.0473 e. The summed E-state index contributed by atoms with van der Waals surface area (Å²) >= 11 is 0. The second kappa shape index (κ2) is 7.95. The summed E-state index contributed by atoms with van der Waals surface area (Å²) in [5.41, 5.74) is 1.46. The summed E-state index contributed by atoms with van der Waals surface area (Å²) in [6.07, 6.45) is 2.64. The van der Waals surface area contributed by atoms with E-state index in [2.05, 4.69) is 68.2 Å². The molecule has 21 heavy (non-hydrogen) atoms. The fourth-order valence-electron chi connectivity index (χ4n) is 3.24. The first kappa shape index (κ1) is 16.5. The third-order valence-electron chi connectivity index (χ3n) is 4.66. The molecule has 0 aromatic heterocycles. The quantitative estimate of drug-likeness (QED) is 0.848. The molecule has 1 saturated heterocycles. The maximum Gasteiger partial charge on any atom is 0.0473 e. The van der Waals surface area contributed by atoms with E-state index in [1.807, 2.05) is 0 Å². The van der Waals surface area contributed by atoms with Crippen molar-refractivity contribution in [2.75, 3.05) is 19.6 Å². The lowest BCUT2D eigenvalue weighted by atomic mass is 9.95. The van der Waals surface area contributed by atoms with Crippen molar-refractivity contribution >= 4 is 0 Å². The topological polar surface area (TPSA) is 15.3 Å². The van der Waals surface area contributed by atoms with Gasteiger partial charge in [0.15, 0.2) is 0 Å². The maximum atomic E-state index is 3.75. The van der Waals surface area contributed by atoms with Crippen molar-refractivity contribution in [3.63, 3.8) is 0 Å². The van der Waals surface area contributed by atoms with Gasteiger partial charge in [-0.25, -0.2) is 0 Å². The van der Waals surface area contributed by atoms with Crippen LogP contribution in [0.4, 0.5) is 0 Å². The molecule has 0 aliphatic carbocycles.